The molecule has 0 aliphatic carbocycles. The Morgan fingerprint density at radius 1 is 1.23 bits per heavy atom. The highest BCUT2D eigenvalue weighted by atomic mass is 79.9. The van der Waals surface area contributed by atoms with Crippen LogP contribution in [0.25, 0.3) is 0 Å². The van der Waals surface area contributed by atoms with Crippen molar-refractivity contribution in [2.24, 2.45) is 0 Å². The van der Waals surface area contributed by atoms with Crippen LogP contribution in [0, 0.1) is 11.6 Å². The molecule has 0 fully saturated rings. The molecule has 1 N–H and O–H groups in total. The van der Waals surface area contributed by atoms with E-state index in [-0.39, 0.29) is 23.2 Å². The summed E-state index contributed by atoms with van der Waals surface area (Å²) >= 11 is 4.43. The zero-order valence-corrected chi connectivity index (χ0v) is 13.9. The average molecular weight is 388 g/mol. The van der Waals surface area contributed by atoms with Crippen LogP contribution in [-0.2, 0) is 4.79 Å². The van der Waals surface area contributed by atoms with Crippen molar-refractivity contribution in [1.82, 2.24) is 0 Å². The molecule has 2 aromatic rings. The van der Waals surface area contributed by atoms with Gasteiger partial charge in [-0.2, -0.15) is 0 Å². The Kier molecular flexibility index (Phi) is 5.79. The first kappa shape index (κ1) is 16.8. The summed E-state index contributed by atoms with van der Waals surface area (Å²) in [6.45, 7) is 0. The first-order valence-electron chi connectivity index (χ1n) is 6.21. The molecule has 0 spiro atoms. The van der Waals surface area contributed by atoms with E-state index in [0.29, 0.717) is 10.2 Å². The molecule has 1 amide bonds. The number of amides is 1. The summed E-state index contributed by atoms with van der Waals surface area (Å²) in [4.78, 5) is 12.7. The van der Waals surface area contributed by atoms with Crippen molar-refractivity contribution in [3.05, 3.63) is 52.5 Å². The fourth-order valence-electron chi connectivity index (χ4n) is 1.73. The van der Waals surface area contributed by atoms with Gasteiger partial charge >= 0.3 is 0 Å². The molecule has 2 rings (SSSR count). The molecule has 0 saturated heterocycles. The number of thioether (sulfide) groups is 1. The minimum Gasteiger partial charge on any atom is -0.493 e. The number of ether oxygens (including phenoxy) is 1. The van der Waals surface area contributed by atoms with Crippen molar-refractivity contribution in [3.63, 3.8) is 0 Å². The predicted octanol–water partition coefficient (Wildman–Crippen LogP) is 4.47. The fourth-order valence-corrected chi connectivity index (χ4v) is 3.02. The first-order chi connectivity index (χ1) is 10.5. The molecule has 7 heteroatoms. The zero-order chi connectivity index (χ0) is 16.1. The van der Waals surface area contributed by atoms with E-state index in [1.54, 1.807) is 12.1 Å². The normalized spacial score (nSPS) is 10.4. The Morgan fingerprint density at radius 3 is 2.55 bits per heavy atom. The largest absolute Gasteiger partial charge is 0.493 e. The summed E-state index contributed by atoms with van der Waals surface area (Å²) in [7, 11) is 1.43. The number of halogens is 3. The van der Waals surface area contributed by atoms with Gasteiger partial charge in [0.15, 0.2) is 5.75 Å². The van der Waals surface area contributed by atoms with Gasteiger partial charge in [-0.25, -0.2) is 8.78 Å². The molecular weight excluding hydrogens is 376 g/mol. The maximum atomic E-state index is 13.4. The second-order valence-electron chi connectivity index (χ2n) is 4.26. The van der Waals surface area contributed by atoms with Crippen LogP contribution < -0.4 is 10.1 Å². The van der Waals surface area contributed by atoms with Crippen molar-refractivity contribution in [1.29, 1.82) is 0 Å². The van der Waals surface area contributed by atoms with E-state index in [0.717, 1.165) is 4.90 Å². The number of hydrogen-bond acceptors (Lipinski definition) is 3. The summed E-state index contributed by atoms with van der Waals surface area (Å²) in [5.74, 6) is -0.674. The molecule has 2 aromatic carbocycles. The van der Waals surface area contributed by atoms with E-state index < -0.39 is 5.82 Å². The summed E-state index contributed by atoms with van der Waals surface area (Å²) in [5, 5.41) is 2.60. The van der Waals surface area contributed by atoms with Crippen LogP contribution in [0.1, 0.15) is 0 Å². The molecule has 0 radical (unpaired) electrons. The van der Waals surface area contributed by atoms with Crippen LogP contribution in [0.2, 0.25) is 0 Å². The van der Waals surface area contributed by atoms with Gasteiger partial charge in [-0.15, -0.1) is 11.8 Å². The molecule has 0 unspecified atom stereocenters. The lowest BCUT2D eigenvalue weighted by atomic mass is 10.3. The van der Waals surface area contributed by atoms with Gasteiger partial charge < -0.3 is 10.1 Å². The summed E-state index contributed by atoms with van der Waals surface area (Å²) in [5.41, 5.74) is 0.249. The van der Waals surface area contributed by atoms with E-state index in [2.05, 4.69) is 21.2 Å². The first-order valence-corrected chi connectivity index (χ1v) is 7.98. The van der Waals surface area contributed by atoms with Gasteiger partial charge in [0.05, 0.1) is 23.0 Å². The van der Waals surface area contributed by atoms with Crippen LogP contribution in [0.4, 0.5) is 14.5 Å². The molecular formula is C15H12BrF2NO2S. The molecule has 0 bridgehead atoms. The molecule has 0 aromatic heterocycles. The van der Waals surface area contributed by atoms with E-state index in [1.165, 1.54) is 43.1 Å². The smallest absolute Gasteiger partial charge is 0.234 e. The van der Waals surface area contributed by atoms with E-state index in [4.69, 9.17) is 4.74 Å². The second-order valence-corrected chi connectivity index (χ2v) is 6.16. The Morgan fingerprint density at radius 2 is 1.91 bits per heavy atom. The summed E-state index contributed by atoms with van der Waals surface area (Å²) < 4.78 is 31.7. The average Bonchev–Trinajstić information content (AvgIpc) is 2.46. The Labute approximate surface area is 139 Å². The molecule has 0 aliphatic heterocycles. The highest BCUT2D eigenvalue weighted by Crippen LogP contribution is 2.34. The number of nitrogens with one attached hydrogen (secondary N) is 1. The van der Waals surface area contributed by atoms with Crippen LogP contribution in [0.3, 0.4) is 0 Å². The number of carbonyl (C=O) groups is 1. The molecule has 0 heterocycles. The summed E-state index contributed by atoms with van der Waals surface area (Å²) in [6, 6.07) is 8.27. The predicted molar refractivity (Wildman–Crippen MR) is 86.4 cm³/mol. The lowest BCUT2D eigenvalue weighted by Gasteiger charge is -2.12. The van der Waals surface area contributed by atoms with Gasteiger partial charge in [0.2, 0.25) is 5.91 Å². The highest BCUT2D eigenvalue weighted by molar-refractivity contribution is 9.10. The van der Waals surface area contributed by atoms with Gasteiger partial charge in [-0.05, 0) is 46.3 Å². The van der Waals surface area contributed by atoms with Crippen LogP contribution in [0.5, 0.6) is 5.75 Å². The lowest BCUT2D eigenvalue weighted by molar-refractivity contribution is -0.113. The van der Waals surface area contributed by atoms with Crippen molar-refractivity contribution in [3.8, 4) is 5.75 Å². The van der Waals surface area contributed by atoms with Crippen LogP contribution in [0.15, 0.2) is 45.8 Å². The maximum Gasteiger partial charge on any atom is 0.234 e. The minimum atomic E-state index is -0.492. The van der Waals surface area contributed by atoms with Crippen molar-refractivity contribution >= 4 is 39.3 Å². The molecule has 0 atom stereocenters. The molecule has 22 heavy (non-hydrogen) atoms. The third kappa shape index (κ3) is 4.45. The number of carbonyl (C=O) groups excluding carboxylic acids is 1. The Balaban J connectivity index is 2.01. The number of benzene rings is 2. The Bertz CT molecular complexity index is 680. The van der Waals surface area contributed by atoms with E-state index >= 15 is 0 Å². The number of rotatable bonds is 5. The molecule has 3 nitrogen and oxygen atoms in total. The third-order valence-corrected chi connectivity index (χ3v) is 4.27. The summed E-state index contributed by atoms with van der Waals surface area (Å²) in [6.07, 6.45) is 0. The third-order valence-electron chi connectivity index (χ3n) is 2.67. The SMILES string of the molecule is COc1c(Br)cc(F)cc1NC(=O)CSc1ccc(F)cc1. The number of hydrogen-bond donors (Lipinski definition) is 1. The standard InChI is InChI=1S/C15H12BrF2NO2S/c1-21-15-12(16)6-10(18)7-13(15)19-14(20)8-22-11-4-2-9(17)3-5-11/h2-7H,8H2,1H3,(H,19,20). The lowest BCUT2D eigenvalue weighted by Crippen LogP contribution is -2.15. The maximum absolute atomic E-state index is 13.4. The van der Waals surface area contributed by atoms with Crippen LogP contribution in [-0.4, -0.2) is 18.8 Å². The monoisotopic (exact) mass is 387 g/mol. The van der Waals surface area contributed by atoms with Gasteiger partial charge in [-0.1, -0.05) is 0 Å². The van der Waals surface area contributed by atoms with Crippen molar-refractivity contribution in [2.75, 3.05) is 18.2 Å². The van der Waals surface area contributed by atoms with Crippen LogP contribution >= 0.6 is 27.7 Å². The topological polar surface area (TPSA) is 38.3 Å². The highest BCUT2D eigenvalue weighted by Gasteiger charge is 2.13. The van der Waals surface area contributed by atoms with Crippen molar-refractivity contribution in [2.45, 2.75) is 4.90 Å². The number of methoxy groups -OCH3 is 1. The fraction of sp³-hybridized carbons (Fsp3) is 0.133. The quantitative estimate of drug-likeness (QED) is 0.769. The van der Waals surface area contributed by atoms with Gasteiger partial charge in [-0.3, -0.25) is 4.79 Å². The van der Waals surface area contributed by atoms with Gasteiger partial charge in [0.1, 0.15) is 11.6 Å². The van der Waals surface area contributed by atoms with E-state index in [9.17, 15) is 13.6 Å². The second kappa shape index (κ2) is 7.60. The van der Waals surface area contributed by atoms with Gasteiger partial charge in [0.25, 0.3) is 0 Å². The number of anilines is 1. The molecule has 116 valence electrons. The van der Waals surface area contributed by atoms with Crippen molar-refractivity contribution < 1.29 is 18.3 Å². The Hall–Kier alpha value is -1.60. The van der Waals surface area contributed by atoms with E-state index in [1.807, 2.05) is 0 Å². The zero-order valence-electron chi connectivity index (χ0n) is 11.5. The molecule has 0 saturated carbocycles. The van der Waals surface area contributed by atoms with Gasteiger partial charge in [0, 0.05) is 11.0 Å². The minimum absolute atomic E-state index is 0.114. The molecule has 0 aliphatic rings.